The summed E-state index contributed by atoms with van der Waals surface area (Å²) in [5.41, 5.74) is 5.48. The molecule has 0 bridgehead atoms. The highest BCUT2D eigenvalue weighted by molar-refractivity contribution is 5.88. The highest BCUT2D eigenvalue weighted by Crippen LogP contribution is 2.43. The van der Waals surface area contributed by atoms with Crippen LogP contribution >= 0.6 is 0 Å². The van der Waals surface area contributed by atoms with Crippen molar-refractivity contribution in [3.05, 3.63) is 41.5 Å². The molecular weight excluding hydrogens is 654 g/mol. The number of nitrogen functional groups attached to an aromatic ring is 1. The number of cyclic esters (lactones) is 1. The van der Waals surface area contributed by atoms with Crippen molar-refractivity contribution in [1.82, 2.24) is 9.80 Å². The highest BCUT2D eigenvalue weighted by atomic mass is 16.7. The molecule has 12 nitrogen and oxygen atoms in total. The molecule has 0 aromatic heterocycles. The van der Waals surface area contributed by atoms with E-state index in [9.17, 15) is 19.5 Å². The second kappa shape index (κ2) is 16.3. The van der Waals surface area contributed by atoms with Crippen molar-refractivity contribution in [1.29, 1.82) is 0 Å². The van der Waals surface area contributed by atoms with Gasteiger partial charge in [0.25, 0.3) is 0 Å². The number of rotatable bonds is 8. The molecule has 0 spiro atoms. The summed E-state index contributed by atoms with van der Waals surface area (Å²) < 4.78 is 31.4. The number of esters is 1. The first-order chi connectivity index (χ1) is 23.9. The third-order valence-corrected chi connectivity index (χ3v) is 11.4. The minimum absolute atomic E-state index is 0.0862. The summed E-state index contributed by atoms with van der Waals surface area (Å²) >= 11 is 0. The first-order valence-corrected chi connectivity index (χ1v) is 18.3. The molecule has 0 unspecified atom stereocenters. The lowest BCUT2D eigenvalue weighted by atomic mass is 9.74. The second-order valence-electron chi connectivity index (χ2n) is 15.6. The van der Waals surface area contributed by atoms with Crippen LogP contribution in [0.5, 0.6) is 0 Å². The first kappa shape index (κ1) is 40.7. The highest BCUT2D eigenvalue weighted by Gasteiger charge is 2.60. The number of hydrogen-bond acceptors (Lipinski definition) is 11. The average Bonchev–Trinajstić information content (AvgIpc) is 3.34. The van der Waals surface area contributed by atoms with Crippen molar-refractivity contribution in [2.24, 2.45) is 17.8 Å². The Morgan fingerprint density at radius 2 is 1.73 bits per heavy atom. The van der Waals surface area contributed by atoms with Gasteiger partial charge in [-0.15, -0.1) is 0 Å². The standard InChI is InChI=1S/C39H61N3O9/c1-12-30-39(8)33(42(37(46)51-39)18-17-27-13-15-28(40)16-14-27)26(6)31(43)24(4)21-38(7,47-11)34(22(2)19-23(3)35(45)49-30)50-36-32(44)29(41(9)10)20-25(5)48-36/h13-16,19,22,24-26,29-30,32-34,36,44H,12,17-18,20-21,40H2,1-11H3/b23-19+/t22-,24+,25+,26-,29-,30+,32+,33+,34+,36-,38-,39+/m0/s1. The van der Waals surface area contributed by atoms with Crippen LogP contribution in [0.15, 0.2) is 35.9 Å². The van der Waals surface area contributed by atoms with E-state index in [0.717, 1.165) is 5.56 Å². The molecular formula is C39H61N3O9. The van der Waals surface area contributed by atoms with Crippen molar-refractivity contribution >= 4 is 23.5 Å². The molecule has 4 rings (SSSR count). The summed E-state index contributed by atoms with van der Waals surface area (Å²) in [6.07, 6.45) is -0.711. The van der Waals surface area contributed by atoms with E-state index in [-0.39, 0.29) is 30.9 Å². The zero-order valence-corrected chi connectivity index (χ0v) is 32.4. The summed E-state index contributed by atoms with van der Waals surface area (Å²) in [6, 6.07) is 6.52. The van der Waals surface area contributed by atoms with Crippen LogP contribution in [0.2, 0.25) is 0 Å². The fourth-order valence-corrected chi connectivity index (χ4v) is 8.55. The fourth-order valence-electron chi connectivity index (χ4n) is 8.55. The molecule has 1 amide bonds. The molecule has 12 heteroatoms. The van der Waals surface area contributed by atoms with E-state index in [1.807, 2.05) is 84.8 Å². The summed E-state index contributed by atoms with van der Waals surface area (Å²) in [6.45, 7) is 15.0. The van der Waals surface area contributed by atoms with E-state index in [4.69, 9.17) is 29.4 Å². The fraction of sp³-hybridized carbons (Fsp3) is 0.718. The number of hydrogen-bond donors (Lipinski definition) is 2. The van der Waals surface area contributed by atoms with Crippen LogP contribution in [0.1, 0.15) is 80.2 Å². The third kappa shape index (κ3) is 8.62. The van der Waals surface area contributed by atoms with Gasteiger partial charge in [0.15, 0.2) is 11.9 Å². The van der Waals surface area contributed by atoms with Gasteiger partial charge in [-0.3, -0.25) is 9.69 Å². The SMILES string of the molecule is CC[C@H]1OC(=O)/C(C)=C/[C@H](C)[C@@H](O[C@@H]2O[C@H](C)C[C@H](N(C)C)[C@H]2O)[C@@](C)(OC)C[C@@H](C)C(=O)[C@H](C)[C@H]2N(CCc3ccc(N)cc3)C(=O)O[C@]12C. The van der Waals surface area contributed by atoms with Crippen LogP contribution in [-0.4, -0.2) is 114 Å². The number of ketones is 1. The van der Waals surface area contributed by atoms with Crippen LogP contribution in [0, 0.1) is 17.8 Å². The van der Waals surface area contributed by atoms with E-state index in [2.05, 4.69) is 0 Å². The van der Waals surface area contributed by atoms with Crippen molar-refractivity contribution < 1.29 is 43.2 Å². The lowest BCUT2D eigenvalue weighted by Gasteiger charge is -2.47. The molecule has 286 valence electrons. The van der Waals surface area contributed by atoms with Gasteiger partial charge in [0.1, 0.15) is 18.0 Å². The zero-order valence-electron chi connectivity index (χ0n) is 32.4. The van der Waals surface area contributed by atoms with Gasteiger partial charge in [0.2, 0.25) is 0 Å². The van der Waals surface area contributed by atoms with E-state index in [0.29, 0.717) is 30.5 Å². The number of aliphatic hydroxyl groups excluding tert-OH is 1. The average molecular weight is 716 g/mol. The molecule has 0 saturated carbocycles. The molecule has 12 atom stereocenters. The van der Waals surface area contributed by atoms with Crippen LogP contribution in [0.25, 0.3) is 0 Å². The maximum atomic E-state index is 14.6. The molecule has 2 saturated heterocycles. The largest absolute Gasteiger partial charge is 0.455 e. The van der Waals surface area contributed by atoms with Gasteiger partial charge in [-0.05, 0) is 85.2 Å². The van der Waals surface area contributed by atoms with Crippen molar-refractivity contribution in [3.8, 4) is 0 Å². The zero-order chi connectivity index (χ0) is 38.0. The molecule has 0 aliphatic carbocycles. The van der Waals surface area contributed by atoms with Gasteiger partial charge in [-0.1, -0.05) is 45.9 Å². The number of anilines is 1. The van der Waals surface area contributed by atoms with Crippen molar-refractivity contribution in [3.63, 3.8) is 0 Å². The van der Waals surface area contributed by atoms with E-state index in [1.165, 1.54) is 0 Å². The number of amides is 1. The van der Waals surface area contributed by atoms with Crippen LogP contribution in [-0.2, 0) is 39.7 Å². The van der Waals surface area contributed by atoms with E-state index >= 15 is 0 Å². The second-order valence-corrected chi connectivity index (χ2v) is 15.6. The van der Waals surface area contributed by atoms with Gasteiger partial charge in [0, 0.05) is 48.7 Å². The van der Waals surface area contributed by atoms with Crippen molar-refractivity contribution in [2.45, 2.75) is 135 Å². The van der Waals surface area contributed by atoms with Crippen LogP contribution in [0.4, 0.5) is 10.5 Å². The molecule has 3 heterocycles. The molecule has 51 heavy (non-hydrogen) atoms. The predicted molar refractivity (Wildman–Crippen MR) is 194 cm³/mol. The van der Waals surface area contributed by atoms with Gasteiger partial charge < -0.3 is 39.4 Å². The number of likely N-dealkylation sites (N-methyl/N-ethyl adjacent to an activating group) is 1. The van der Waals surface area contributed by atoms with Gasteiger partial charge >= 0.3 is 12.1 Å². The molecule has 3 aliphatic heterocycles. The topological polar surface area (TPSA) is 150 Å². The number of carbonyl (C=O) groups is 3. The Bertz CT molecular complexity index is 1420. The summed E-state index contributed by atoms with van der Waals surface area (Å²) in [7, 11) is 5.40. The van der Waals surface area contributed by atoms with Crippen LogP contribution in [0.3, 0.4) is 0 Å². The number of aliphatic hydroxyl groups is 1. The Labute approximate surface area is 303 Å². The predicted octanol–water partition coefficient (Wildman–Crippen LogP) is 4.76. The number of nitrogens with two attached hydrogens (primary N) is 1. The molecule has 1 aromatic rings. The summed E-state index contributed by atoms with van der Waals surface area (Å²) in [5.74, 6) is -2.33. The summed E-state index contributed by atoms with van der Waals surface area (Å²) in [5, 5.41) is 11.4. The third-order valence-electron chi connectivity index (χ3n) is 11.4. The van der Waals surface area contributed by atoms with E-state index < -0.39 is 71.7 Å². The maximum absolute atomic E-state index is 14.6. The number of Topliss-reactive ketones (excluding diaryl/α,β-unsaturated/α-hetero) is 1. The number of nitrogens with zero attached hydrogens (tertiary/aromatic N) is 2. The Kier molecular flexibility index (Phi) is 13.0. The number of ether oxygens (including phenoxy) is 5. The number of fused-ring (bicyclic) bond motifs is 1. The Hall–Kier alpha value is -3.03. The lowest BCUT2D eigenvalue weighted by molar-refractivity contribution is -0.294. The Balaban J connectivity index is 1.76. The van der Waals surface area contributed by atoms with Crippen LogP contribution < -0.4 is 5.73 Å². The summed E-state index contributed by atoms with van der Waals surface area (Å²) in [4.78, 5) is 45.7. The number of benzene rings is 1. The first-order valence-electron chi connectivity index (χ1n) is 18.3. The lowest BCUT2D eigenvalue weighted by Crippen LogP contribution is -2.59. The molecule has 3 aliphatic rings. The van der Waals surface area contributed by atoms with Crippen molar-refractivity contribution in [2.75, 3.05) is 33.5 Å². The Morgan fingerprint density at radius 1 is 1.08 bits per heavy atom. The van der Waals surface area contributed by atoms with Gasteiger partial charge in [0.05, 0.1) is 23.9 Å². The van der Waals surface area contributed by atoms with E-state index in [1.54, 1.807) is 31.9 Å². The number of methoxy groups -OCH3 is 1. The normalized spacial score (nSPS) is 39.5. The monoisotopic (exact) mass is 715 g/mol. The molecule has 0 radical (unpaired) electrons. The van der Waals surface area contributed by atoms with Gasteiger partial charge in [-0.2, -0.15) is 0 Å². The molecule has 3 N–H and O–H groups in total. The Morgan fingerprint density at radius 3 is 2.31 bits per heavy atom. The quantitative estimate of drug-likeness (QED) is 0.284. The molecule has 1 aromatic carbocycles. The maximum Gasteiger partial charge on any atom is 0.410 e. The van der Waals surface area contributed by atoms with Gasteiger partial charge in [-0.25, -0.2) is 9.59 Å². The number of carbonyl (C=O) groups excluding carboxylic acids is 3. The minimum atomic E-state index is -1.31. The molecule has 2 fully saturated rings. The smallest absolute Gasteiger partial charge is 0.410 e. The minimum Gasteiger partial charge on any atom is -0.455 e.